The summed E-state index contributed by atoms with van der Waals surface area (Å²) in [6.45, 7) is 5.46. The summed E-state index contributed by atoms with van der Waals surface area (Å²) in [5.74, 6) is 0.560. The largest absolute Gasteiger partial charge is 0.356 e. The summed E-state index contributed by atoms with van der Waals surface area (Å²) < 4.78 is 13.1. The monoisotopic (exact) mass is 334 g/mol. The molecule has 23 heavy (non-hydrogen) atoms. The minimum Gasteiger partial charge on any atom is -0.356 e. The SMILES string of the molecule is CCc1cnc(CNC(=NC)NCCc2ccc(F)cc2C)s1. The fourth-order valence-electron chi connectivity index (χ4n) is 2.23. The first-order valence-corrected chi connectivity index (χ1v) is 8.57. The van der Waals surface area contributed by atoms with Crippen molar-refractivity contribution in [2.75, 3.05) is 13.6 Å². The average Bonchev–Trinajstić information content (AvgIpc) is 3.00. The van der Waals surface area contributed by atoms with Gasteiger partial charge in [0.15, 0.2) is 5.96 Å². The van der Waals surface area contributed by atoms with Gasteiger partial charge in [-0.2, -0.15) is 0 Å². The van der Waals surface area contributed by atoms with Gasteiger partial charge in [0, 0.05) is 24.7 Å². The van der Waals surface area contributed by atoms with E-state index in [9.17, 15) is 4.39 Å². The summed E-state index contributed by atoms with van der Waals surface area (Å²) in [5, 5.41) is 7.59. The first-order valence-electron chi connectivity index (χ1n) is 7.75. The Morgan fingerprint density at radius 3 is 2.83 bits per heavy atom. The highest BCUT2D eigenvalue weighted by Gasteiger charge is 2.04. The van der Waals surface area contributed by atoms with Gasteiger partial charge in [0.2, 0.25) is 0 Å². The van der Waals surface area contributed by atoms with Crippen LogP contribution in [0.5, 0.6) is 0 Å². The Bertz CT molecular complexity index is 666. The molecular weight excluding hydrogens is 311 g/mol. The molecule has 124 valence electrons. The number of hydrogen-bond donors (Lipinski definition) is 2. The number of nitrogens with zero attached hydrogens (tertiary/aromatic N) is 2. The van der Waals surface area contributed by atoms with Crippen LogP contribution in [0.3, 0.4) is 0 Å². The molecule has 1 aromatic heterocycles. The third-order valence-electron chi connectivity index (χ3n) is 3.57. The van der Waals surface area contributed by atoms with Gasteiger partial charge in [-0.05, 0) is 43.0 Å². The lowest BCUT2D eigenvalue weighted by Gasteiger charge is -2.12. The molecule has 1 heterocycles. The lowest BCUT2D eigenvalue weighted by molar-refractivity contribution is 0.625. The standard InChI is InChI=1S/C17H23FN4S/c1-4-15-10-21-16(23-15)11-22-17(19-3)20-8-7-13-5-6-14(18)9-12(13)2/h5-6,9-10H,4,7-8,11H2,1-3H3,(H2,19,20,22). The molecule has 2 aromatic rings. The molecule has 0 unspecified atom stereocenters. The topological polar surface area (TPSA) is 49.3 Å². The Morgan fingerprint density at radius 2 is 2.17 bits per heavy atom. The summed E-state index contributed by atoms with van der Waals surface area (Å²) in [6.07, 6.45) is 3.76. The zero-order chi connectivity index (χ0) is 16.7. The van der Waals surface area contributed by atoms with Crippen molar-refractivity contribution >= 4 is 17.3 Å². The molecule has 0 bridgehead atoms. The Labute approximate surface area is 140 Å². The molecule has 0 saturated heterocycles. The van der Waals surface area contributed by atoms with Gasteiger partial charge >= 0.3 is 0 Å². The van der Waals surface area contributed by atoms with E-state index in [2.05, 4.69) is 27.5 Å². The maximum absolute atomic E-state index is 13.1. The van der Waals surface area contributed by atoms with Crippen molar-refractivity contribution in [3.05, 3.63) is 51.2 Å². The summed E-state index contributed by atoms with van der Waals surface area (Å²) >= 11 is 1.72. The van der Waals surface area contributed by atoms with Crippen LogP contribution in [0.15, 0.2) is 29.4 Å². The molecule has 0 fully saturated rings. The van der Waals surface area contributed by atoms with Crippen LogP contribution in [0.4, 0.5) is 4.39 Å². The number of halogens is 1. The van der Waals surface area contributed by atoms with Gasteiger partial charge in [-0.15, -0.1) is 11.3 Å². The number of aliphatic imine (C=N–C) groups is 1. The second-order valence-electron chi connectivity index (χ2n) is 5.25. The van der Waals surface area contributed by atoms with Crippen LogP contribution in [0, 0.1) is 12.7 Å². The van der Waals surface area contributed by atoms with Crippen LogP contribution in [0.25, 0.3) is 0 Å². The molecular formula is C17H23FN4S. The zero-order valence-electron chi connectivity index (χ0n) is 13.8. The number of benzene rings is 1. The number of aromatic nitrogens is 1. The molecule has 1 aromatic carbocycles. The molecule has 0 aliphatic rings. The molecule has 0 atom stereocenters. The van der Waals surface area contributed by atoms with Crippen molar-refractivity contribution in [1.29, 1.82) is 0 Å². The normalized spacial score (nSPS) is 11.6. The van der Waals surface area contributed by atoms with Crippen LogP contribution in [-0.2, 0) is 19.4 Å². The summed E-state index contributed by atoms with van der Waals surface area (Å²) in [6, 6.07) is 4.91. The van der Waals surface area contributed by atoms with Crippen molar-refractivity contribution in [2.24, 2.45) is 4.99 Å². The Hall–Kier alpha value is -1.95. The van der Waals surface area contributed by atoms with Gasteiger partial charge in [-0.25, -0.2) is 9.37 Å². The smallest absolute Gasteiger partial charge is 0.191 e. The predicted molar refractivity (Wildman–Crippen MR) is 94.5 cm³/mol. The van der Waals surface area contributed by atoms with E-state index in [0.717, 1.165) is 41.5 Å². The van der Waals surface area contributed by atoms with Gasteiger partial charge in [0.25, 0.3) is 0 Å². The number of nitrogens with one attached hydrogen (secondary N) is 2. The summed E-state index contributed by atoms with van der Waals surface area (Å²) in [4.78, 5) is 9.88. The van der Waals surface area contributed by atoms with Gasteiger partial charge in [0.1, 0.15) is 10.8 Å². The van der Waals surface area contributed by atoms with E-state index in [1.54, 1.807) is 24.5 Å². The molecule has 2 rings (SSSR count). The summed E-state index contributed by atoms with van der Waals surface area (Å²) in [7, 11) is 1.75. The molecule has 4 nitrogen and oxygen atoms in total. The second kappa shape index (κ2) is 8.62. The summed E-state index contributed by atoms with van der Waals surface area (Å²) in [5.41, 5.74) is 2.12. The van der Waals surface area contributed by atoms with Crippen LogP contribution in [-0.4, -0.2) is 24.5 Å². The Balaban J connectivity index is 1.78. The van der Waals surface area contributed by atoms with Crippen molar-refractivity contribution in [3.63, 3.8) is 0 Å². The first-order chi connectivity index (χ1) is 11.1. The fraction of sp³-hybridized carbons (Fsp3) is 0.412. The zero-order valence-corrected chi connectivity index (χ0v) is 14.6. The van der Waals surface area contributed by atoms with Gasteiger partial charge in [-0.1, -0.05) is 13.0 Å². The lowest BCUT2D eigenvalue weighted by Crippen LogP contribution is -2.37. The van der Waals surface area contributed by atoms with Gasteiger partial charge in [-0.3, -0.25) is 4.99 Å². The van der Waals surface area contributed by atoms with Crippen LogP contribution in [0.2, 0.25) is 0 Å². The van der Waals surface area contributed by atoms with Crippen molar-refractivity contribution in [1.82, 2.24) is 15.6 Å². The van der Waals surface area contributed by atoms with E-state index in [4.69, 9.17) is 0 Å². The fourth-order valence-corrected chi connectivity index (χ4v) is 3.03. The Kier molecular flexibility index (Phi) is 6.52. The van der Waals surface area contributed by atoms with E-state index in [1.165, 1.54) is 10.9 Å². The van der Waals surface area contributed by atoms with Crippen LogP contribution >= 0.6 is 11.3 Å². The molecule has 0 spiro atoms. The average molecular weight is 334 g/mol. The first kappa shape index (κ1) is 17.4. The number of thiazole rings is 1. The highest BCUT2D eigenvalue weighted by Crippen LogP contribution is 2.13. The third-order valence-corrected chi connectivity index (χ3v) is 4.71. The van der Waals surface area contributed by atoms with Crippen molar-refractivity contribution in [3.8, 4) is 0 Å². The van der Waals surface area contributed by atoms with Crippen LogP contribution < -0.4 is 10.6 Å². The molecule has 0 aliphatic carbocycles. The maximum atomic E-state index is 13.1. The molecule has 0 saturated carbocycles. The van der Waals surface area contributed by atoms with E-state index >= 15 is 0 Å². The molecule has 6 heteroatoms. The van der Waals surface area contributed by atoms with E-state index in [1.807, 2.05) is 19.2 Å². The van der Waals surface area contributed by atoms with Crippen molar-refractivity contribution < 1.29 is 4.39 Å². The van der Waals surface area contributed by atoms with E-state index < -0.39 is 0 Å². The molecule has 2 N–H and O–H groups in total. The second-order valence-corrected chi connectivity index (χ2v) is 6.45. The lowest BCUT2D eigenvalue weighted by atomic mass is 10.1. The number of rotatable bonds is 6. The van der Waals surface area contributed by atoms with Crippen molar-refractivity contribution in [2.45, 2.75) is 33.2 Å². The van der Waals surface area contributed by atoms with Gasteiger partial charge in [0.05, 0.1) is 6.54 Å². The molecule has 0 amide bonds. The number of hydrogen-bond acceptors (Lipinski definition) is 3. The number of aryl methyl sites for hydroxylation is 2. The quantitative estimate of drug-likeness (QED) is 0.630. The minimum atomic E-state index is -0.188. The third kappa shape index (κ3) is 5.32. The molecule has 0 radical (unpaired) electrons. The van der Waals surface area contributed by atoms with E-state index in [0.29, 0.717) is 6.54 Å². The predicted octanol–water partition coefficient (Wildman–Crippen LogP) is 3.06. The van der Waals surface area contributed by atoms with Gasteiger partial charge < -0.3 is 10.6 Å². The number of guanidine groups is 1. The highest BCUT2D eigenvalue weighted by atomic mass is 32.1. The van der Waals surface area contributed by atoms with Crippen LogP contribution in [0.1, 0.15) is 27.9 Å². The minimum absolute atomic E-state index is 0.188. The highest BCUT2D eigenvalue weighted by molar-refractivity contribution is 7.11. The molecule has 0 aliphatic heterocycles. The Morgan fingerprint density at radius 1 is 1.35 bits per heavy atom. The maximum Gasteiger partial charge on any atom is 0.191 e. The van der Waals surface area contributed by atoms with E-state index in [-0.39, 0.29) is 5.82 Å².